The lowest BCUT2D eigenvalue weighted by molar-refractivity contribution is 0.0440. The maximum atomic E-state index is 9.80. The van der Waals surface area contributed by atoms with E-state index in [2.05, 4.69) is 19.1 Å². The lowest BCUT2D eigenvalue weighted by Gasteiger charge is -2.21. The largest absolute Gasteiger partial charge is 0.390 e. The minimum absolute atomic E-state index is 0.425. The summed E-state index contributed by atoms with van der Waals surface area (Å²) < 4.78 is 0. The molecule has 1 rings (SSSR count). The summed E-state index contributed by atoms with van der Waals surface area (Å²) in [7, 11) is 0. The lowest BCUT2D eigenvalue weighted by Crippen LogP contribution is -2.22. The van der Waals surface area contributed by atoms with Crippen LogP contribution in [0.4, 0.5) is 0 Å². The van der Waals surface area contributed by atoms with Gasteiger partial charge >= 0.3 is 0 Å². The van der Waals surface area contributed by atoms with Gasteiger partial charge in [-0.15, -0.1) is 0 Å². The van der Waals surface area contributed by atoms with Crippen LogP contribution in [0.15, 0.2) is 12.2 Å². The Hall–Kier alpha value is -0.300. The molecular formula is C13H24O. The molecule has 0 amide bonds. The highest BCUT2D eigenvalue weighted by Crippen LogP contribution is 2.24. The second kappa shape index (κ2) is 5.55. The van der Waals surface area contributed by atoms with Crippen molar-refractivity contribution in [1.29, 1.82) is 0 Å². The lowest BCUT2D eigenvalue weighted by atomic mass is 9.93. The van der Waals surface area contributed by atoms with E-state index in [1.165, 1.54) is 32.1 Å². The fourth-order valence-corrected chi connectivity index (χ4v) is 2.02. The van der Waals surface area contributed by atoms with E-state index in [9.17, 15) is 5.11 Å². The van der Waals surface area contributed by atoms with Crippen LogP contribution < -0.4 is 0 Å². The van der Waals surface area contributed by atoms with E-state index in [1.807, 2.05) is 6.92 Å². The molecule has 0 saturated carbocycles. The van der Waals surface area contributed by atoms with E-state index in [0.717, 1.165) is 18.8 Å². The van der Waals surface area contributed by atoms with Gasteiger partial charge in [-0.05, 0) is 44.9 Å². The van der Waals surface area contributed by atoms with Crippen LogP contribution in [0.2, 0.25) is 0 Å². The van der Waals surface area contributed by atoms with E-state index < -0.39 is 5.60 Å². The SMILES string of the molecule is CCC(C)(O)CCCCC1C=CCC1. The summed E-state index contributed by atoms with van der Waals surface area (Å²) in [6.45, 7) is 4.00. The molecule has 0 heterocycles. The first-order valence-electron chi connectivity index (χ1n) is 6.03. The highest BCUT2D eigenvalue weighted by Gasteiger charge is 2.16. The van der Waals surface area contributed by atoms with Crippen LogP contribution in [0, 0.1) is 5.92 Å². The summed E-state index contributed by atoms with van der Waals surface area (Å²) in [5.74, 6) is 0.835. The van der Waals surface area contributed by atoms with Crippen LogP contribution in [0.5, 0.6) is 0 Å². The summed E-state index contributed by atoms with van der Waals surface area (Å²) in [6.07, 6.45) is 12.9. The van der Waals surface area contributed by atoms with Crippen molar-refractivity contribution in [3.05, 3.63) is 12.2 Å². The Morgan fingerprint density at radius 2 is 2.21 bits per heavy atom. The number of allylic oxidation sites excluding steroid dienone is 2. The highest BCUT2D eigenvalue weighted by atomic mass is 16.3. The van der Waals surface area contributed by atoms with E-state index >= 15 is 0 Å². The van der Waals surface area contributed by atoms with Crippen molar-refractivity contribution in [2.75, 3.05) is 0 Å². The Labute approximate surface area is 88.2 Å². The van der Waals surface area contributed by atoms with Gasteiger partial charge in [-0.1, -0.05) is 31.9 Å². The number of aliphatic hydroxyl groups is 1. The summed E-state index contributed by atoms with van der Waals surface area (Å²) in [5.41, 5.74) is -0.425. The standard InChI is InChI=1S/C13H24O/c1-3-13(2,14)11-7-6-10-12-8-4-5-9-12/h4,8,12,14H,3,5-7,9-11H2,1-2H3. The predicted molar refractivity (Wildman–Crippen MR) is 61.2 cm³/mol. The molecule has 0 bridgehead atoms. The van der Waals surface area contributed by atoms with Gasteiger partial charge in [0.2, 0.25) is 0 Å². The van der Waals surface area contributed by atoms with Crippen molar-refractivity contribution in [2.24, 2.45) is 5.92 Å². The monoisotopic (exact) mass is 196 g/mol. The molecule has 1 N–H and O–H groups in total. The molecule has 82 valence electrons. The normalized spacial score (nSPS) is 25.2. The zero-order chi connectivity index (χ0) is 10.4. The molecule has 1 aliphatic carbocycles. The van der Waals surface area contributed by atoms with Gasteiger partial charge in [0.25, 0.3) is 0 Å². The molecule has 0 aromatic carbocycles. The summed E-state index contributed by atoms with van der Waals surface area (Å²) in [6, 6.07) is 0. The molecule has 2 atom stereocenters. The van der Waals surface area contributed by atoms with Crippen LogP contribution in [-0.2, 0) is 0 Å². The Balaban J connectivity index is 2.01. The van der Waals surface area contributed by atoms with Crippen LogP contribution in [-0.4, -0.2) is 10.7 Å². The van der Waals surface area contributed by atoms with Gasteiger partial charge in [-0.3, -0.25) is 0 Å². The smallest absolute Gasteiger partial charge is 0.0617 e. The molecule has 0 radical (unpaired) electrons. The Morgan fingerprint density at radius 3 is 2.79 bits per heavy atom. The third-order valence-electron chi connectivity index (χ3n) is 3.41. The third kappa shape index (κ3) is 4.28. The molecule has 2 unspecified atom stereocenters. The zero-order valence-corrected chi connectivity index (χ0v) is 9.63. The third-order valence-corrected chi connectivity index (χ3v) is 3.41. The highest BCUT2D eigenvalue weighted by molar-refractivity contribution is 4.95. The summed E-state index contributed by atoms with van der Waals surface area (Å²) >= 11 is 0. The first-order chi connectivity index (χ1) is 6.64. The summed E-state index contributed by atoms with van der Waals surface area (Å²) in [5, 5.41) is 9.80. The van der Waals surface area contributed by atoms with E-state index in [4.69, 9.17) is 0 Å². The fraction of sp³-hybridized carbons (Fsp3) is 0.846. The van der Waals surface area contributed by atoms with Crippen molar-refractivity contribution in [2.45, 2.75) is 64.4 Å². The molecule has 1 aliphatic rings. The molecule has 1 heteroatoms. The Bertz CT molecular complexity index is 182. The van der Waals surface area contributed by atoms with Gasteiger partial charge < -0.3 is 5.11 Å². The van der Waals surface area contributed by atoms with Gasteiger partial charge in [0.15, 0.2) is 0 Å². The molecule has 1 nitrogen and oxygen atoms in total. The van der Waals surface area contributed by atoms with E-state index in [0.29, 0.717) is 0 Å². The zero-order valence-electron chi connectivity index (χ0n) is 9.63. The number of hydrogen-bond donors (Lipinski definition) is 1. The van der Waals surface area contributed by atoms with Crippen molar-refractivity contribution in [3.8, 4) is 0 Å². The summed E-state index contributed by atoms with van der Waals surface area (Å²) in [4.78, 5) is 0. The van der Waals surface area contributed by atoms with Gasteiger partial charge in [0, 0.05) is 0 Å². The second-order valence-corrected chi connectivity index (χ2v) is 4.86. The number of rotatable bonds is 6. The molecule has 0 saturated heterocycles. The van der Waals surface area contributed by atoms with Crippen molar-refractivity contribution in [1.82, 2.24) is 0 Å². The maximum Gasteiger partial charge on any atom is 0.0617 e. The Kier molecular flexibility index (Phi) is 4.67. The maximum absolute atomic E-state index is 9.80. The molecule has 0 aliphatic heterocycles. The van der Waals surface area contributed by atoms with Crippen molar-refractivity contribution < 1.29 is 5.11 Å². The van der Waals surface area contributed by atoms with E-state index in [1.54, 1.807) is 0 Å². The van der Waals surface area contributed by atoms with Crippen LogP contribution >= 0.6 is 0 Å². The quantitative estimate of drug-likeness (QED) is 0.507. The van der Waals surface area contributed by atoms with Crippen molar-refractivity contribution >= 4 is 0 Å². The second-order valence-electron chi connectivity index (χ2n) is 4.86. The van der Waals surface area contributed by atoms with Gasteiger partial charge in [-0.2, -0.15) is 0 Å². The number of hydrogen-bond acceptors (Lipinski definition) is 1. The van der Waals surface area contributed by atoms with Gasteiger partial charge in [0.1, 0.15) is 0 Å². The minimum Gasteiger partial charge on any atom is -0.390 e. The first-order valence-corrected chi connectivity index (χ1v) is 6.03. The Morgan fingerprint density at radius 1 is 1.43 bits per heavy atom. The van der Waals surface area contributed by atoms with Crippen LogP contribution in [0.1, 0.15) is 58.8 Å². The topological polar surface area (TPSA) is 20.2 Å². The molecule has 0 fully saturated rings. The minimum atomic E-state index is -0.425. The van der Waals surface area contributed by atoms with Crippen LogP contribution in [0.3, 0.4) is 0 Å². The fourth-order valence-electron chi connectivity index (χ4n) is 2.02. The molecule has 0 aromatic rings. The number of unbranched alkanes of at least 4 members (excludes halogenated alkanes) is 1. The molecular weight excluding hydrogens is 172 g/mol. The average Bonchev–Trinajstić information content (AvgIpc) is 2.65. The van der Waals surface area contributed by atoms with Crippen LogP contribution in [0.25, 0.3) is 0 Å². The average molecular weight is 196 g/mol. The van der Waals surface area contributed by atoms with Gasteiger partial charge in [-0.25, -0.2) is 0 Å². The van der Waals surface area contributed by atoms with E-state index in [-0.39, 0.29) is 0 Å². The predicted octanol–water partition coefficient (Wildman–Crippen LogP) is 3.67. The van der Waals surface area contributed by atoms with Crippen molar-refractivity contribution in [3.63, 3.8) is 0 Å². The molecule has 0 aromatic heterocycles. The molecule has 14 heavy (non-hydrogen) atoms. The first kappa shape index (κ1) is 11.8. The molecule has 0 spiro atoms. The van der Waals surface area contributed by atoms with Gasteiger partial charge in [0.05, 0.1) is 5.60 Å².